The number of aromatic nitrogens is 2. The van der Waals surface area contributed by atoms with Crippen LogP contribution in [0.1, 0.15) is 47.8 Å². The first-order valence-corrected chi connectivity index (χ1v) is 9.27. The molecule has 136 valence electrons. The van der Waals surface area contributed by atoms with Crippen LogP contribution in [0.2, 0.25) is 0 Å². The minimum atomic E-state index is 0.0776. The Morgan fingerprint density at radius 3 is 2.50 bits per heavy atom. The molecule has 0 saturated heterocycles. The van der Waals surface area contributed by atoms with E-state index >= 15 is 0 Å². The van der Waals surface area contributed by atoms with Gasteiger partial charge in [-0.3, -0.25) is 4.79 Å². The van der Waals surface area contributed by atoms with E-state index in [-0.39, 0.29) is 5.91 Å². The lowest BCUT2D eigenvalue weighted by molar-refractivity contribution is -0.121. The normalized spacial score (nSPS) is 11.1. The van der Waals surface area contributed by atoms with Crippen LogP contribution in [0.3, 0.4) is 0 Å². The Hall–Kier alpha value is -2.62. The number of nitrogens with zero attached hydrogens (tertiary/aromatic N) is 2. The molecular weight excluding hydrogens is 322 g/mol. The zero-order chi connectivity index (χ0) is 18.7. The van der Waals surface area contributed by atoms with E-state index in [9.17, 15) is 4.79 Å². The second-order valence-corrected chi connectivity index (χ2v) is 7.01. The van der Waals surface area contributed by atoms with Gasteiger partial charge >= 0.3 is 0 Å². The van der Waals surface area contributed by atoms with Gasteiger partial charge in [0, 0.05) is 13.0 Å². The number of rotatable bonds is 6. The number of benzene rings is 2. The van der Waals surface area contributed by atoms with E-state index in [1.165, 1.54) is 22.3 Å². The average Bonchev–Trinajstić information content (AvgIpc) is 2.94. The van der Waals surface area contributed by atoms with Crippen molar-refractivity contribution in [3.63, 3.8) is 0 Å². The minimum Gasteiger partial charge on any atom is -0.349 e. The molecule has 3 aromatic rings. The molecule has 3 rings (SSSR count). The smallest absolute Gasteiger partial charge is 0.220 e. The van der Waals surface area contributed by atoms with Gasteiger partial charge in [-0.25, -0.2) is 4.98 Å². The maximum absolute atomic E-state index is 11.9. The fourth-order valence-corrected chi connectivity index (χ4v) is 3.55. The van der Waals surface area contributed by atoms with Crippen molar-refractivity contribution in [3.05, 3.63) is 64.5 Å². The zero-order valence-electron chi connectivity index (χ0n) is 16.1. The molecule has 2 aromatic carbocycles. The molecule has 0 aliphatic rings. The largest absolute Gasteiger partial charge is 0.349 e. The van der Waals surface area contributed by atoms with E-state index in [2.05, 4.69) is 48.9 Å². The highest BCUT2D eigenvalue weighted by molar-refractivity contribution is 5.77. The van der Waals surface area contributed by atoms with Gasteiger partial charge in [-0.05, 0) is 56.0 Å². The van der Waals surface area contributed by atoms with Crippen molar-refractivity contribution in [2.75, 3.05) is 0 Å². The number of nitrogens with one attached hydrogen (secondary N) is 1. The Labute approximate surface area is 155 Å². The number of hydrogen-bond donors (Lipinski definition) is 1. The van der Waals surface area contributed by atoms with E-state index in [0.29, 0.717) is 13.0 Å². The average molecular weight is 349 g/mol. The van der Waals surface area contributed by atoms with Crippen LogP contribution < -0.4 is 5.32 Å². The second kappa shape index (κ2) is 7.73. The van der Waals surface area contributed by atoms with Gasteiger partial charge in [-0.1, -0.05) is 36.8 Å². The van der Waals surface area contributed by atoms with Gasteiger partial charge in [0.05, 0.1) is 17.6 Å². The lowest BCUT2D eigenvalue weighted by atomic mass is 9.99. The summed E-state index contributed by atoms with van der Waals surface area (Å²) < 4.78 is 2.23. The fourth-order valence-electron chi connectivity index (χ4n) is 3.55. The summed E-state index contributed by atoms with van der Waals surface area (Å²) in [6.45, 7) is 9.69. The number of fused-ring (bicyclic) bond motifs is 1. The number of carbonyl (C=O) groups is 1. The molecule has 26 heavy (non-hydrogen) atoms. The van der Waals surface area contributed by atoms with Gasteiger partial charge in [-0.15, -0.1) is 0 Å². The van der Waals surface area contributed by atoms with Crippen LogP contribution in [0.4, 0.5) is 0 Å². The van der Waals surface area contributed by atoms with Crippen molar-refractivity contribution >= 4 is 16.9 Å². The number of aryl methyl sites for hydroxylation is 3. The van der Waals surface area contributed by atoms with Gasteiger partial charge < -0.3 is 9.88 Å². The maximum Gasteiger partial charge on any atom is 0.220 e. The van der Waals surface area contributed by atoms with Gasteiger partial charge in [0.15, 0.2) is 0 Å². The molecule has 1 aromatic heterocycles. The summed E-state index contributed by atoms with van der Waals surface area (Å²) >= 11 is 0. The summed E-state index contributed by atoms with van der Waals surface area (Å²) in [6.07, 6.45) is 1.40. The van der Waals surface area contributed by atoms with Crippen LogP contribution in [0.15, 0.2) is 36.4 Å². The van der Waals surface area contributed by atoms with Crippen molar-refractivity contribution in [2.24, 2.45) is 0 Å². The molecule has 1 N–H and O–H groups in total. The highest BCUT2D eigenvalue weighted by Crippen LogP contribution is 2.22. The summed E-state index contributed by atoms with van der Waals surface area (Å²) in [6, 6.07) is 12.6. The van der Waals surface area contributed by atoms with Gasteiger partial charge in [0.1, 0.15) is 5.82 Å². The molecule has 0 unspecified atom stereocenters. The molecule has 1 amide bonds. The first-order chi connectivity index (χ1) is 12.5. The van der Waals surface area contributed by atoms with Crippen LogP contribution in [-0.2, 0) is 17.9 Å². The highest BCUT2D eigenvalue weighted by atomic mass is 16.1. The predicted molar refractivity (Wildman–Crippen MR) is 106 cm³/mol. The lowest BCUT2D eigenvalue weighted by Gasteiger charge is -2.15. The summed E-state index contributed by atoms with van der Waals surface area (Å²) in [5.74, 6) is 0.976. The number of imidazole rings is 1. The van der Waals surface area contributed by atoms with Crippen LogP contribution in [0.25, 0.3) is 11.0 Å². The first-order valence-electron chi connectivity index (χ1n) is 9.27. The van der Waals surface area contributed by atoms with Crippen LogP contribution in [0.5, 0.6) is 0 Å². The highest BCUT2D eigenvalue weighted by Gasteiger charge is 2.14. The summed E-state index contributed by atoms with van der Waals surface area (Å²) in [7, 11) is 0. The Morgan fingerprint density at radius 1 is 1.12 bits per heavy atom. The van der Waals surface area contributed by atoms with Crippen LogP contribution in [0, 0.1) is 20.8 Å². The summed E-state index contributed by atoms with van der Waals surface area (Å²) in [5.41, 5.74) is 7.26. The number of amides is 1. The first kappa shape index (κ1) is 18.2. The molecule has 1 heterocycles. The standard InChI is InChI=1S/C22H27N3O/c1-5-8-22(26)23-13-21-24-19-9-6-7-10-20(19)25(21)14-18-16(3)11-15(2)12-17(18)4/h6-7,9-12H,5,8,13-14H2,1-4H3,(H,23,26). The molecule has 0 spiro atoms. The number of para-hydroxylation sites is 2. The van der Waals surface area contributed by atoms with Gasteiger partial charge in [-0.2, -0.15) is 0 Å². The number of hydrogen-bond acceptors (Lipinski definition) is 2. The third-order valence-corrected chi connectivity index (χ3v) is 4.81. The Balaban J connectivity index is 1.98. The van der Waals surface area contributed by atoms with Crippen molar-refractivity contribution < 1.29 is 4.79 Å². The maximum atomic E-state index is 11.9. The van der Waals surface area contributed by atoms with Crippen molar-refractivity contribution in [2.45, 2.75) is 53.6 Å². The van der Waals surface area contributed by atoms with E-state index < -0.39 is 0 Å². The molecule has 4 nitrogen and oxygen atoms in total. The SMILES string of the molecule is CCCC(=O)NCc1nc2ccccc2n1Cc1c(C)cc(C)cc1C. The summed E-state index contributed by atoms with van der Waals surface area (Å²) in [5, 5.41) is 3.00. The van der Waals surface area contributed by atoms with Crippen molar-refractivity contribution in [1.82, 2.24) is 14.9 Å². The van der Waals surface area contributed by atoms with E-state index in [4.69, 9.17) is 4.98 Å². The van der Waals surface area contributed by atoms with E-state index in [1.54, 1.807) is 0 Å². The molecule has 0 radical (unpaired) electrons. The third-order valence-electron chi connectivity index (χ3n) is 4.81. The molecule has 4 heteroatoms. The Kier molecular flexibility index (Phi) is 5.40. The van der Waals surface area contributed by atoms with Gasteiger partial charge in [0.2, 0.25) is 5.91 Å². The fraction of sp³-hybridized carbons (Fsp3) is 0.364. The van der Waals surface area contributed by atoms with Crippen LogP contribution in [-0.4, -0.2) is 15.5 Å². The third kappa shape index (κ3) is 3.79. The lowest BCUT2D eigenvalue weighted by Crippen LogP contribution is -2.24. The molecule has 0 atom stereocenters. The predicted octanol–water partition coefficient (Wildman–Crippen LogP) is 4.43. The monoisotopic (exact) mass is 349 g/mol. The quantitative estimate of drug-likeness (QED) is 0.716. The van der Waals surface area contributed by atoms with E-state index in [1.807, 2.05) is 25.1 Å². The Morgan fingerprint density at radius 2 is 1.81 bits per heavy atom. The van der Waals surface area contributed by atoms with Gasteiger partial charge in [0.25, 0.3) is 0 Å². The second-order valence-electron chi connectivity index (χ2n) is 7.01. The Bertz CT molecular complexity index is 917. The molecule has 0 saturated carbocycles. The van der Waals surface area contributed by atoms with Crippen molar-refractivity contribution in [1.29, 1.82) is 0 Å². The summed E-state index contributed by atoms with van der Waals surface area (Å²) in [4.78, 5) is 16.7. The minimum absolute atomic E-state index is 0.0776. The van der Waals surface area contributed by atoms with Crippen molar-refractivity contribution in [3.8, 4) is 0 Å². The van der Waals surface area contributed by atoms with Crippen LogP contribution >= 0.6 is 0 Å². The molecule has 0 bridgehead atoms. The molecule has 0 aliphatic heterocycles. The molecular formula is C22H27N3O. The molecule has 0 fully saturated rings. The zero-order valence-corrected chi connectivity index (χ0v) is 16.1. The number of carbonyl (C=O) groups excluding carboxylic acids is 1. The molecule has 0 aliphatic carbocycles. The van der Waals surface area contributed by atoms with E-state index in [0.717, 1.165) is 29.8 Å². The topological polar surface area (TPSA) is 46.9 Å².